The van der Waals surface area contributed by atoms with Gasteiger partial charge in [-0.3, -0.25) is 0 Å². The van der Waals surface area contributed by atoms with Crippen LogP contribution in [0.4, 0.5) is 4.79 Å². The van der Waals surface area contributed by atoms with Crippen molar-refractivity contribution in [2.75, 3.05) is 27.3 Å². The summed E-state index contributed by atoms with van der Waals surface area (Å²) in [5, 5.41) is 8.88. The van der Waals surface area contributed by atoms with E-state index in [9.17, 15) is 4.79 Å². The summed E-state index contributed by atoms with van der Waals surface area (Å²) in [7, 11) is 1.55. The van der Waals surface area contributed by atoms with Crippen LogP contribution >= 0.6 is 0 Å². The van der Waals surface area contributed by atoms with E-state index < -0.39 is 14.7 Å². The van der Waals surface area contributed by atoms with Crippen LogP contribution in [0.1, 0.15) is 39.5 Å². The highest BCUT2D eigenvalue weighted by atomic mass is 28.4. The van der Waals surface area contributed by atoms with Gasteiger partial charge in [0, 0.05) is 27.3 Å². The standard InChI is InChI=1S/C13H29NO4Si/c1-5-14(13(15)16)11-9-7-8-10-12-19(6-2,17-3)18-4/h5-12H2,1-4H3,(H,15,16). The van der Waals surface area contributed by atoms with Gasteiger partial charge in [0.05, 0.1) is 0 Å². The predicted octanol–water partition coefficient (Wildman–Crippen LogP) is 3.30. The zero-order valence-corrected chi connectivity index (χ0v) is 13.8. The third kappa shape index (κ3) is 6.94. The Morgan fingerprint density at radius 3 is 2.11 bits per heavy atom. The smallest absolute Gasteiger partial charge is 0.407 e. The number of nitrogens with zero attached hydrogens (tertiary/aromatic N) is 1. The van der Waals surface area contributed by atoms with E-state index in [1.807, 2.05) is 6.92 Å². The molecule has 1 N–H and O–H groups in total. The first-order chi connectivity index (χ1) is 9.05. The van der Waals surface area contributed by atoms with Crippen LogP contribution < -0.4 is 0 Å². The summed E-state index contributed by atoms with van der Waals surface area (Å²) in [5.41, 5.74) is 0. The van der Waals surface area contributed by atoms with Crippen LogP contribution in [0.3, 0.4) is 0 Å². The van der Waals surface area contributed by atoms with Crippen molar-refractivity contribution in [1.29, 1.82) is 0 Å². The molecule has 6 heteroatoms. The summed E-state index contributed by atoms with van der Waals surface area (Å²) in [6.45, 7) is 5.18. The molecule has 0 aliphatic carbocycles. The van der Waals surface area contributed by atoms with Gasteiger partial charge in [0.15, 0.2) is 0 Å². The lowest BCUT2D eigenvalue weighted by Gasteiger charge is -2.25. The van der Waals surface area contributed by atoms with E-state index >= 15 is 0 Å². The largest absolute Gasteiger partial charge is 0.465 e. The Morgan fingerprint density at radius 1 is 1.11 bits per heavy atom. The minimum atomic E-state index is -1.93. The third-order valence-electron chi connectivity index (χ3n) is 3.67. The monoisotopic (exact) mass is 291 g/mol. The molecule has 0 unspecified atom stereocenters. The maximum absolute atomic E-state index is 10.8. The number of unbranched alkanes of at least 4 members (excludes halogenated alkanes) is 3. The maximum atomic E-state index is 10.8. The quantitative estimate of drug-likeness (QED) is 0.469. The Morgan fingerprint density at radius 2 is 1.68 bits per heavy atom. The molecule has 114 valence electrons. The summed E-state index contributed by atoms with van der Waals surface area (Å²) >= 11 is 0. The molecule has 0 aromatic heterocycles. The number of hydrogen-bond donors (Lipinski definition) is 1. The molecule has 0 rings (SSSR count). The molecule has 0 aromatic carbocycles. The molecule has 0 radical (unpaired) electrons. The number of hydrogen-bond acceptors (Lipinski definition) is 3. The van der Waals surface area contributed by atoms with Gasteiger partial charge in [0.2, 0.25) is 0 Å². The lowest BCUT2D eigenvalue weighted by Crippen LogP contribution is -2.38. The van der Waals surface area contributed by atoms with Crippen molar-refractivity contribution in [2.24, 2.45) is 0 Å². The second kappa shape index (κ2) is 10.2. The van der Waals surface area contributed by atoms with E-state index in [-0.39, 0.29) is 0 Å². The SMILES string of the molecule is CCN(CCCCCC[Si](CC)(OC)OC)C(=O)O. The number of carbonyl (C=O) groups is 1. The van der Waals surface area contributed by atoms with Gasteiger partial charge in [0.25, 0.3) is 0 Å². The van der Waals surface area contributed by atoms with Crippen molar-refractivity contribution >= 4 is 14.7 Å². The van der Waals surface area contributed by atoms with Gasteiger partial charge in [-0.05, 0) is 25.4 Å². The van der Waals surface area contributed by atoms with E-state index in [4.69, 9.17) is 14.0 Å². The molecule has 0 aliphatic heterocycles. The highest BCUT2D eigenvalue weighted by Gasteiger charge is 2.32. The van der Waals surface area contributed by atoms with E-state index in [2.05, 4.69) is 6.92 Å². The summed E-state index contributed by atoms with van der Waals surface area (Å²) < 4.78 is 11.1. The fourth-order valence-electron chi connectivity index (χ4n) is 2.19. The average Bonchev–Trinajstić information content (AvgIpc) is 2.42. The minimum absolute atomic E-state index is 0.564. The van der Waals surface area contributed by atoms with Crippen molar-refractivity contribution in [2.45, 2.75) is 51.6 Å². The van der Waals surface area contributed by atoms with Gasteiger partial charge >= 0.3 is 14.7 Å². The van der Waals surface area contributed by atoms with Gasteiger partial charge in [-0.1, -0.05) is 26.2 Å². The fraction of sp³-hybridized carbons (Fsp3) is 0.923. The van der Waals surface area contributed by atoms with E-state index in [1.165, 1.54) is 4.90 Å². The fourth-order valence-corrected chi connectivity index (χ4v) is 4.49. The minimum Gasteiger partial charge on any atom is -0.465 e. The zero-order valence-electron chi connectivity index (χ0n) is 12.8. The molecule has 0 heterocycles. The second-order valence-corrected chi connectivity index (χ2v) is 8.54. The van der Waals surface area contributed by atoms with Gasteiger partial charge in [-0.25, -0.2) is 4.79 Å². The van der Waals surface area contributed by atoms with Crippen molar-refractivity contribution < 1.29 is 18.8 Å². The third-order valence-corrected chi connectivity index (χ3v) is 7.35. The Kier molecular flexibility index (Phi) is 9.91. The molecule has 0 bridgehead atoms. The van der Waals surface area contributed by atoms with Crippen molar-refractivity contribution in [1.82, 2.24) is 4.90 Å². The van der Waals surface area contributed by atoms with Crippen LogP contribution in [0, 0.1) is 0 Å². The first-order valence-corrected chi connectivity index (χ1v) is 9.36. The first kappa shape index (κ1) is 18.4. The van der Waals surface area contributed by atoms with Crippen LogP contribution in [0.15, 0.2) is 0 Å². The van der Waals surface area contributed by atoms with Gasteiger partial charge < -0.3 is 18.9 Å². The Bertz CT molecular complexity index is 239. The molecule has 19 heavy (non-hydrogen) atoms. The van der Waals surface area contributed by atoms with Crippen molar-refractivity contribution in [3.63, 3.8) is 0 Å². The lowest BCUT2D eigenvalue weighted by molar-refractivity contribution is 0.147. The van der Waals surface area contributed by atoms with Crippen molar-refractivity contribution in [3.05, 3.63) is 0 Å². The lowest BCUT2D eigenvalue weighted by atomic mass is 10.2. The van der Waals surface area contributed by atoms with Gasteiger partial charge in [-0.2, -0.15) is 0 Å². The zero-order chi connectivity index (χ0) is 14.7. The normalized spacial score (nSPS) is 11.6. The van der Waals surface area contributed by atoms with Crippen LogP contribution in [-0.4, -0.2) is 52.0 Å². The van der Waals surface area contributed by atoms with Gasteiger partial charge in [0.1, 0.15) is 0 Å². The van der Waals surface area contributed by atoms with E-state index in [1.54, 1.807) is 14.2 Å². The molecular weight excluding hydrogens is 262 g/mol. The van der Waals surface area contributed by atoms with Crippen molar-refractivity contribution in [3.8, 4) is 0 Å². The Balaban J connectivity index is 3.73. The molecule has 0 spiro atoms. The second-order valence-electron chi connectivity index (χ2n) is 4.70. The molecule has 0 aromatic rings. The summed E-state index contributed by atoms with van der Waals surface area (Å²) in [6, 6.07) is 2.00. The van der Waals surface area contributed by atoms with E-state index in [0.717, 1.165) is 37.8 Å². The summed E-state index contributed by atoms with van der Waals surface area (Å²) in [4.78, 5) is 12.3. The molecule has 0 atom stereocenters. The average molecular weight is 291 g/mol. The van der Waals surface area contributed by atoms with Gasteiger partial charge in [-0.15, -0.1) is 0 Å². The Hall–Kier alpha value is -0.593. The molecule has 0 saturated heterocycles. The van der Waals surface area contributed by atoms with Crippen LogP contribution in [-0.2, 0) is 8.85 Å². The first-order valence-electron chi connectivity index (χ1n) is 7.13. The summed E-state index contributed by atoms with van der Waals surface area (Å²) in [5.74, 6) is 0. The molecule has 0 fully saturated rings. The topological polar surface area (TPSA) is 59.0 Å². The molecular formula is C13H29NO4Si. The van der Waals surface area contributed by atoms with E-state index in [0.29, 0.717) is 13.1 Å². The van der Waals surface area contributed by atoms with Crippen LogP contribution in [0.5, 0.6) is 0 Å². The number of amides is 1. The number of rotatable bonds is 11. The molecule has 1 amide bonds. The van der Waals surface area contributed by atoms with Crippen LogP contribution in [0.2, 0.25) is 12.1 Å². The Labute approximate surface area is 118 Å². The predicted molar refractivity (Wildman–Crippen MR) is 78.8 cm³/mol. The molecule has 5 nitrogen and oxygen atoms in total. The molecule has 0 aliphatic rings. The van der Waals surface area contributed by atoms with Crippen LogP contribution in [0.25, 0.3) is 0 Å². The number of carboxylic acid groups (broad SMARTS) is 1. The highest BCUT2D eigenvalue weighted by molar-refractivity contribution is 6.67. The maximum Gasteiger partial charge on any atom is 0.407 e. The summed E-state index contributed by atoms with van der Waals surface area (Å²) in [6.07, 6.45) is 3.38. The highest BCUT2D eigenvalue weighted by Crippen LogP contribution is 2.20. The molecule has 0 saturated carbocycles.